The number of hydrogen-bond donors (Lipinski definition) is 2. The zero-order valence-corrected chi connectivity index (χ0v) is 24.8. The number of nitrogens with one attached hydrogen (secondary N) is 1. The summed E-state index contributed by atoms with van der Waals surface area (Å²) in [6, 6.07) is 16.7. The molecule has 0 spiro atoms. The Bertz CT molecular complexity index is 1240. The van der Waals surface area contributed by atoms with Gasteiger partial charge in [0.05, 0.1) is 43.4 Å². The molecule has 1 fully saturated rings. The summed E-state index contributed by atoms with van der Waals surface area (Å²) in [5, 5.41) is 23.2. The summed E-state index contributed by atoms with van der Waals surface area (Å²) < 4.78 is 45.0. The first-order valence-electron chi connectivity index (χ1n) is 13.8. The van der Waals surface area contributed by atoms with Crippen LogP contribution in [0.4, 0.5) is 4.79 Å². The molecule has 1 aliphatic rings. The number of benzene rings is 2. The van der Waals surface area contributed by atoms with Crippen LogP contribution in [0.3, 0.4) is 0 Å². The van der Waals surface area contributed by atoms with Crippen LogP contribution < -0.4 is 10.1 Å². The number of carbonyl (C=O) groups excluding carboxylic acids is 1. The lowest BCUT2D eigenvalue weighted by molar-refractivity contribution is 0.0624. The lowest BCUT2D eigenvalue weighted by Crippen LogP contribution is -2.52. The van der Waals surface area contributed by atoms with Crippen molar-refractivity contribution >= 4 is 16.1 Å². The third kappa shape index (κ3) is 10.0. The van der Waals surface area contributed by atoms with Gasteiger partial charge in [-0.3, -0.25) is 0 Å². The fourth-order valence-electron chi connectivity index (χ4n) is 4.78. The van der Waals surface area contributed by atoms with Gasteiger partial charge in [0, 0.05) is 25.9 Å². The van der Waals surface area contributed by atoms with E-state index in [0.29, 0.717) is 44.6 Å². The number of ether oxygens (including phenoxy) is 3. The number of amides is 1. The average Bonchev–Trinajstić information content (AvgIpc) is 3.45. The van der Waals surface area contributed by atoms with Crippen molar-refractivity contribution in [2.45, 2.75) is 69.1 Å². The second-order valence-corrected chi connectivity index (χ2v) is 13.0. The number of hydrogen-bond acceptors (Lipinski definition) is 8. The van der Waals surface area contributed by atoms with E-state index in [4.69, 9.17) is 19.5 Å². The monoisotopic (exact) mass is 587 g/mol. The first-order chi connectivity index (χ1) is 19.5. The Morgan fingerprint density at radius 3 is 2.54 bits per heavy atom. The molecule has 1 saturated heterocycles. The van der Waals surface area contributed by atoms with Crippen LogP contribution in [-0.2, 0) is 25.9 Å². The van der Waals surface area contributed by atoms with Gasteiger partial charge in [0.25, 0.3) is 0 Å². The summed E-state index contributed by atoms with van der Waals surface area (Å²) in [6.45, 7) is 4.54. The number of nitriles is 1. The van der Waals surface area contributed by atoms with Gasteiger partial charge in [0.1, 0.15) is 11.9 Å². The molecule has 0 saturated carbocycles. The van der Waals surface area contributed by atoms with Crippen LogP contribution in [0.5, 0.6) is 5.75 Å². The number of sulfonamides is 1. The van der Waals surface area contributed by atoms with Gasteiger partial charge in [-0.25, -0.2) is 13.2 Å². The van der Waals surface area contributed by atoms with Gasteiger partial charge in [0.15, 0.2) is 0 Å². The van der Waals surface area contributed by atoms with Crippen molar-refractivity contribution < 1.29 is 32.5 Å². The fourth-order valence-corrected chi connectivity index (χ4v) is 6.42. The Balaban J connectivity index is 1.87. The Kier molecular flexibility index (Phi) is 12.0. The summed E-state index contributed by atoms with van der Waals surface area (Å²) in [5.41, 5.74) is 0.377. The Morgan fingerprint density at radius 1 is 1.22 bits per heavy atom. The maximum Gasteiger partial charge on any atom is 0.407 e. The molecule has 2 aromatic carbocycles. The molecule has 41 heavy (non-hydrogen) atoms. The molecule has 2 aromatic rings. The first-order valence-corrected chi connectivity index (χ1v) is 15.3. The number of unbranched alkanes of at least 4 members (excludes halogenated alkanes) is 1. The Hall–Kier alpha value is -3.17. The van der Waals surface area contributed by atoms with E-state index >= 15 is 0 Å². The molecular weight excluding hydrogens is 546 g/mol. The topological polar surface area (TPSA) is 138 Å². The third-order valence-corrected chi connectivity index (χ3v) is 8.89. The molecule has 0 bridgehead atoms. The molecule has 0 aromatic heterocycles. The van der Waals surface area contributed by atoms with E-state index in [9.17, 15) is 18.3 Å². The number of aliphatic hydroxyl groups is 1. The van der Waals surface area contributed by atoms with E-state index in [-0.39, 0.29) is 30.5 Å². The zero-order chi connectivity index (χ0) is 29.9. The largest absolute Gasteiger partial charge is 0.497 e. The SMILES string of the molecule is COc1ccc(S(=O)(=O)N(CC(O)[C@H](Cc2ccccc2)NC(=O)OC2CCOC2)CC(C)(C)CCCC#N)cc1. The minimum absolute atomic E-state index is 0.0616. The highest BCUT2D eigenvalue weighted by Crippen LogP contribution is 2.29. The second-order valence-electron chi connectivity index (χ2n) is 11.0. The van der Waals surface area contributed by atoms with Crippen LogP contribution in [0.1, 0.15) is 45.1 Å². The molecule has 11 heteroatoms. The van der Waals surface area contributed by atoms with Crippen LogP contribution in [-0.4, -0.2) is 75.6 Å². The maximum atomic E-state index is 13.9. The maximum absolute atomic E-state index is 13.9. The van der Waals surface area contributed by atoms with Crippen LogP contribution in [0, 0.1) is 16.7 Å². The second kappa shape index (κ2) is 15.2. The molecule has 0 radical (unpaired) electrons. The summed E-state index contributed by atoms with van der Waals surface area (Å²) in [7, 11) is -2.55. The number of methoxy groups -OCH3 is 1. The first kappa shape index (κ1) is 32.3. The molecule has 1 aliphatic heterocycles. The van der Waals surface area contributed by atoms with Gasteiger partial charge in [-0.2, -0.15) is 9.57 Å². The van der Waals surface area contributed by atoms with Gasteiger partial charge in [-0.05, 0) is 54.5 Å². The van der Waals surface area contributed by atoms with Gasteiger partial charge >= 0.3 is 6.09 Å². The van der Waals surface area contributed by atoms with Crippen molar-refractivity contribution in [3.63, 3.8) is 0 Å². The Labute approximate surface area is 243 Å². The lowest BCUT2D eigenvalue weighted by atomic mass is 9.87. The van der Waals surface area contributed by atoms with Crippen molar-refractivity contribution in [2.24, 2.45) is 5.41 Å². The molecule has 0 aliphatic carbocycles. The predicted molar refractivity (Wildman–Crippen MR) is 154 cm³/mol. The summed E-state index contributed by atoms with van der Waals surface area (Å²) in [5.74, 6) is 0.519. The zero-order valence-electron chi connectivity index (χ0n) is 24.0. The Morgan fingerprint density at radius 2 is 1.93 bits per heavy atom. The van der Waals surface area contributed by atoms with Crippen molar-refractivity contribution in [2.75, 3.05) is 33.4 Å². The van der Waals surface area contributed by atoms with E-state index in [1.165, 1.54) is 23.5 Å². The van der Waals surface area contributed by atoms with Crippen molar-refractivity contribution in [1.29, 1.82) is 5.26 Å². The fraction of sp³-hybridized carbons (Fsp3) is 0.533. The van der Waals surface area contributed by atoms with Crippen molar-refractivity contribution in [1.82, 2.24) is 9.62 Å². The normalized spacial score (nSPS) is 17.0. The summed E-state index contributed by atoms with van der Waals surface area (Å²) in [6.07, 6.45) is 0.144. The van der Waals surface area contributed by atoms with E-state index < -0.39 is 33.7 Å². The van der Waals surface area contributed by atoms with Gasteiger partial charge in [-0.15, -0.1) is 0 Å². The number of carbonyl (C=O) groups is 1. The summed E-state index contributed by atoms with van der Waals surface area (Å²) in [4.78, 5) is 12.8. The van der Waals surface area contributed by atoms with Crippen LogP contribution >= 0.6 is 0 Å². The van der Waals surface area contributed by atoms with E-state index in [1.807, 2.05) is 44.2 Å². The molecule has 224 valence electrons. The van der Waals surface area contributed by atoms with Crippen LogP contribution in [0.25, 0.3) is 0 Å². The van der Waals surface area contributed by atoms with Crippen molar-refractivity contribution in [3.05, 3.63) is 60.2 Å². The minimum atomic E-state index is -4.05. The summed E-state index contributed by atoms with van der Waals surface area (Å²) >= 11 is 0. The highest BCUT2D eigenvalue weighted by atomic mass is 32.2. The van der Waals surface area contributed by atoms with E-state index in [2.05, 4.69) is 11.4 Å². The molecular formula is C30H41N3O7S. The highest BCUT2D eigenvalue weighted by Gasteiger charge is 2.35. The van der Waals surface area contributed by atoms with Crippen molar-refractivity contribution in [3.8, 4) is 11.8 Å². The number of alkyl carbamates (subject to hydrolysis) is 1. The van der Waals surface area contributed by atoms with E-state index in [0.717, 1.165) is 5.56 Å². The standard InChI is InChI=1S/C30H41N3O7S/c1-30(2,16-7-8-17-31)22-33(41(36,37)26-13-11-24(38-3)12-14-26)20-28(34)27(19-23-9-5-4-6-10-23)32-29(35)40-25-15-18-39-21-25/h4-6,9-14,25,27-28,34H,7-8,15-16,18-22H2,1-3H3,(H,32,35)/t25?,27-,28?/m0/s1. The average molecular weight is 588 g/mol. The molecule has 2 unspecified atom stereocenters. The minimum Gasteiger partial charge on any atom is -0.497 e. The smallest absolute Gasteiger partial charge is 0.407 e. The van der Waals surface area contributed by atoms with Gasteiger partial charge in [0.2, 0.25) is 10.0 Å². The van der Waals surface area contributed by atoms with Gasteiger partial charge < -0.3 is 24.6 Å². The molecule has 3 rings (SSSR count). The van der Waals surface area contributed by atoms with Gasteiger partial charge in [-0.1, -0.05) is 44.2 Å². The molecule has 1 heterocycles. The molecule has 3 atom stereocenters. The quantitative estimate of drug-likeness (QED) is 0.299. The lowest BCUT2D eigenvalue weighted by Gasteiger charge is -2.35. The predicted octanol–water partition coefficient (Wildman–Crippen LogP) is 3.89. The highest BCUT2D eigenvalue weighted by molar-refractivity contribution is 7.89. The third-order valence-electron chi connectivity index (χ3n) is 7.06. The number of nitrogens with zero attached hydrogens (tertiary/aromatic N) is 2. The van der Waals surface area contributed by atoms with E-state index in [1.54, 1.807) is 12.1 Å². The number of aliphatic hydroxyl groups excluding tert-OH is 1. The van der Waals surface area contributed by atoms with Crippen LogP contribution in [0.2, 0.25) is 0 Å². The number of rotatable bonds is 15. The van der Waals surface area contributed by atoms with Crippen LogP contribution in [0.15, 0.2) is 59.5 Å². The molecule has 1 amide bonds. The molecule has 10 nitrogen and oxygen atoms in total. The molecule has 2 N–H and O–H groups in total.